The number of urea groups is 1. The van der Waals surface area contributed by atoms with Crippen LogP contribution in [0.4, 0.5) is 16.4 Å². The van der Waals surface area contributed by atoms with E-state index in [0.717, 1.165) is 29.4 Å². The predicted octanol–water partition coefficient (Wildman–Crippen LogP) is 4.87. The molecule has 144 valence electrons. The minimum atomic E-state index is -0.238. The maximum atomic E-state index is 12.2. The molecule has 0 bridgehead atoms. The number of carbonyl (C=O) groups excluding carboxylic acids is 1. The van der Waals surface area contributed by atoms with E-state index < -0.39 is 0 Å². The summed E-state index contributed by atoms with van der Waals surface area (Å²) in [6.07, 6.45) is 6.17. The highest BCUT2D eigenvalue weighted by atomic mass is 16.2. The van der Waals surface area contributed by atoms with Gasteiger partial charge in [0.15, 0.2) is 0 Å². The first-order valence-electron chi connectivity index (χ1n) is 9.83. The summed E-state index contributed by atoms with van der Waals surface area (Å²) in [6, 6.07) is 16.5. The Morgan fingerprint density at radius 1 is 1.11 bits per heavy atom. The average molecular weight is 375 g/mol. The molecule has 6 heteroatoms. The second-order valence-electron chi connectivity index (χ2n) is 7.32. The molecule has 0 aliphatic heterocycles. The molecule has 1 saturated carbocycles. The summed E-state index contributed by atoms with van der Waals surface area (Å²) in [5.41, 5.74) is 2.98. The Labute approximate surface area is 164 Å². The van der Waals surface area contributed by atoms with Gasteiger partial charge in [-0.3, -0.25) is 5.32 Å². The van der Waals surface area contributed by atoms with Crippen LogP contribution in [-0.2, 0) is 0 Å². The third-order valence-electron chi connectivity index (χ3n) is 5.18. The number of fused-ring (bicyclic) bond motifs is 1. The van der Waals surface area contributed by atoms with E-state index in [9.17, 15) is 4.79 Å². The Kier molecular flexibility index (Phi) is 5.37. The van der Waals surface area contributed by atoms with Gasteiger partial charge in [0.1, 0.15) is 0 Å². The van der Waals surface area contributed by atoms with Gasteiger partial charge >= 0.3 is 6.03 Å². The molecule has 3 aromatic rings. The maximum absolute atomic E-state index is 12.2. The van der Waals surface area contributed by atoms with Crippen molar-refractivity contribution in [3.05, 3.63) is 60.3 Å². The summed E-state index contributed by atoms with van der Waals surface area (Å²) in [4.78, 5) is 20.9. The maximum Gasteiger partial charge on any atom is 0.321 e. The Morgan fingerprint density at radius 2 is 1.89 bits per heavy atom. The third kappa shape index (κ3) is 4.39. The van der Waals surface area contributed by atoms with Gasteiger partial charge in [0, 0.05) is 29.4 Å². The van der Waals surface area contributed by atoms with Crippen LogP contribution < -0.4 is 16.0 Å². The van der Waals surface area contributed by atoms with Crippen LogP contribution in [0.2, 0.25) is 0 Å². The predicted molar refractivity (Wildman–Crippen MR) is 112 cm³/mol. The number of rotatable bonds is 5. The molecule has 6 nitrogen and oxygen atoms in total. The van der Waals surface area contributed by atoms with Gasteiger partial charge < -0.3 is 10.6 Å². The van der Waals surface area contributed by atoms with E-state index in [-0.39, 0.29) is 18.1 Å². The molecular formula is C22H25N5O. The fourth-order valence-electron chi connectivity index (χ4n) is 3.64. The first-order valence-corrected chi connectivity index (χ1v) is 9.83. The molecule has 1 aliphatic rings. The average Bonchev–Trinajstić information content (AvgIpc) is 3.21. The highest BCUT2D eigenvalue weighted by Crippen LogP contribution is 2.23. The number of aromatic nitrogens is 2. The molecule has 0 unspecified atom stereocenters. The van der Waals surface area contributed by atoms with Crippen LogP contribution in [0, 0.1) is 0 Å². The van der Waals surface area contributed by atoms with Crippen molar-refractivity contribution in [2.75, 3.05) is 10.6 Å². The quantitative estimate of drug-likeness (QED) is 0.595. The summed E-state index contributed by atoms with van der Waals surface area (Å²) in [6.45, 7) is 2.12. The molecule has 28 heavy (non-hydrogen) atoms. The monoisotopic (exact) mass is 375 g/mol. The molecule has 1 fully saturated rings. The number of nitrogens with zero attached hydrogens (tertiary/aromatic N) is 2. The Bertz CT molecular complexity index is 954. The zero-order chi connectivity index (χ0) is 19.3. The number of amides is 2. The van der Waals surface area contributed by atoms with Gasteiger partial charge in [-0.25, -0.2) is 14.8 Å². The van der Waals surface area contributed by atoms with E-state index in [1.54, 1.807) is 6.20 Å². The third-order valence-corrected chi connectivity index (χ3v) is 5.18. The normalized spacial score (nSPS) is 15.3. The number of hydrogen-bond donors (Lipinski definition) is 3. The lowest BCUT2D eigenvalue weighted by molar-refractivity contribution is 0.248. The number of anilines is 2. The molecule has 1 aromatic heterocycles. The number of benzene rings is 2. The molecule has 1 atom stereocenters. The van der Waals surface area contributed by atoms with Crippen LogP contribution in [0.1, 0.15) is 44.2 Å². The molecule has 1 heterocycles. The number of nitrogens with one attached hydrogen (secondary N) is 3. The van der Waals surface area contributed by atoms with Crippen LogP contribution in [0.5, 0.6) is 0 Å². The van der Waals surface area contributed by atoms with Crippen molar-refractivity contribution < 1.29 is 4.79 Å². The van der Waals surface area contributed by atoms with E-state index in [1.165, 1.54) is 18.4 Å². The highest BCUT2D eigenvalue weighted by Gasteiger charge is 2.17. The topological polar surface area (TPSA) is 78.9 Å². The molecule has 2 aromatic carbocycles. The Morgan fingerprint density at radius 3 is 2.68 bits per heavy atom. The summed E-state index contributed by atoms with van der Waals surface area (Å²) in [7, 11) is 0. The SMILES string of the molecule is C[C@@H](Nc1ccc2cnc(NC(=O)NC3CCCC3)nc2c1)c1ccccc1. The van der Waals surface area contributed by atoms with Crippen molar-refractivity contribution in [3.63, 3.8) is 0 Å². The van der Waals surface area contributed by atoms with Crippen molar-refractivity contribution in [2.45, 2.75) is 44.7 Å². The van der Waals surface area contributed by atoms with Crippen molar-refractivity contribution in [3.8, 4) is 0 Å². The van der Waals surface area contributed by atoms with Crippen molar-refractivity contribution in [2.24, 2.45) is 0 Å². The summed E-state index contributed by atoms with van der Waals surface area (Å²) < 4.78 is 0. The van der Waals surface area contributed by atoms with Gasteiger partial charge in [-0.2, -0.15) is 0 Å². The fraction of sp³-hybridized carbons (Fsp3) is 0.318. The molecular weight excluding hydrogens is 350 g/mol. The van der Waals surface area contributed by atoms with E-state index >= 15 is 0 Å². The van der Waals surface area contributed by atoms with E-state index in [1.807, 2.05) is 36.4 Å². The molecule has 4 rings (SSSR count). The second-order valence-corrected chi connectivity index (χ2v) is 7.32. The second kappa shape index (κ2) is 8.25. The number of carbonyl (C=O) groups is 1. The van der Waals surface area contributed by atoms with E-state index in [4.69, 9.17) is 0 Å². The Balaban J connectivity index is 1.46. The zero-order valence-electron chi connectivity index (χ0n) is 16.0. The zero-order valence-corrected chi connectivity index (χ0v) is 16.0. The molecule has 1 aliphatic carbocycles. The lowest BCUT2D eigenvalue weighted by Gasteiger charge is -2.16. The van der Waals surface area contributed by atoms with Crippen molar-refractivity contribution in [1.82, 2.24) is 15.3 Å². The Hall–Kier alpha value is -3.15. The first-order chi connectivity index (χ1) is 13.7. The lowest BCUT2D eigenvalue weighted by Crippen LogP contribution is -2.36. The first kappa shape index (κ1) is 18.2. The van der Waals surface area contributed by atoms with Gasteiger partial charge in [-0.1, -0.05) is 43.2 Å². The summed E-state index contributed by atoms with van der Waals surface area (Å²) >= 11 is 0. The van der Waals surface area contributed by atoms with Crippen LogP contribution in [0.25, 0.3) is 10.9 Å². The van der Waals surface area contributed by atoms with E-state index in [0.29, 0.717) is 5.95 Å². The van der Waals surface area contributed by atoms with Gasteiger partial charge in [-0.15, -0.1) is 0 Å². The lowest BCUT2D eigenvalue weighted by atomic mass is 10.1. The summed E-state index contributed by atoms with van der Waals surface area (Å²) in [5, 5.41) is 10.2. The molecule has 0 radical (unpaired) electrons. The van der Waals surface area contributed by atoms with Gasteiger partial charge in [0.25, 0.3) is 0 Å². The number of hydrogen-bond acceptors (Lipinski definition) is 4. The van der Waals surface area contributed by atoms with Crippen LogP contribution in [0.3, 0.4) is 0 Å². The summed E-state index contributed by atoms with van der Waals surface area (Å²) in [5.74, 6) is 0.316. The van der Waals surface area contributed by atoms with Crippen LogP contribution >= 0.6 is 0 Å². The molecule has 3 N–H and O–H groups in total. The largest absolute Gasteiger partial charge is 0.378 e. The molecule has 2 amide bonds. The van der Waals surface area contributed by atoms with Gasteiger partial charge in [-0.05, 0) is 43.5 Å². The minimum Gasteiger partial charge on any atom is -0.378 e. The standard InChI is InChI=1S/C22H25N5O/c1-15(16-7-3-2-4-8-16)24-19-12-11-17-14-23-21(26-20(17)13-19)27-22(28)25-18-9-5-6-10-18/h2-4,7-8,11-15,18,24H,5-6,9-10H2,1H3,(H2,23,25,26,27,28)/t15-/m1/s1. The fourth-order valence-corrected chi connectivity index (χ4v) is 3.64. The van der Waals surface area contributed by atoms with Crippen LogP contribution in [0.15, 0.2) is 54.7 Å². The van der Waals surface area contributed by atoms with Crippen molar-refractivity contribution >= 4 is 28.6 Å². The van der Waals surface area contributed by atoms with E-state index in [2.05, 4.69) is 45.0 Å². The van der Waals surface area contributed by atoms with Gasteiger partial charge in [0.05, 0.1) is 5.52 Å². The van der Waals surface area contributed by atoms with Crippen molar-refractivity contribution in [1.29, 1.82) is 0 Å². The molecule has 0 spiro atoms. The molecule has 0 saturated heterocycles. The highest BCUT2D eigenvalue weighted by molar-refractivity contribution is 5.89. The smallest absolute Gasteiger partial charge is 0.321 e. The van der Waals surface area contributed by atoms with Gasteiger partial charge in [0.2, 0.25) is 5.95 Å². The van der Waals surface area contributed by atoms with Crippen LogP contribution in [-0.4, -0.2) is 22.0 Å². The minimum absolute atomic E-state index is 0.176.